The average Bonchev–Trinajstić information content (AvgIpc) is 2.23. The molecule has 13 heavy (non-hydrogen) atoms. The Morgan fingerprint density at radius 3 is 2.54 bits per heavy atom. The van der Waals surface area contributed by atoms with Gasteiger partial charge >= 0.3 is 0 Å². The molecule has 1 fully saturated rings. The lowest BCUT2D eigenvalue weighted by Gasteiger charge is -2.29. The number of likely N-dealkylation sites (N-methyl/N-ethyl adjacent to an activating group) is 1. The quantitative estimate of drug-likeness (QED) is 0.561. The fourth-order valence-corrected chi connectivity index (χ4v) is 2.79. The first-order valence-corrected chi connectivity index (χ1v) is 4.98. The number of ketones is 1. The Labute approximate surface area is 79.6 Å². The molecule has 2 bridgehead atoms. The topological polar surface area (TPSA) is 20.3 Å². The molecule has 2 heteroatoms. The van der Waals surface area contributed by atoms with E-state index in [2.05, 4.69) is 31.9 Å². The van der Waals surface area contributed by atoms with E-state index in [1.165, 1.54) is 0 Å². The van der Waals surface area contributed by atoms with Crippen LogP contribution < -0.4 is 0 Å². The van der Waals surface area contributed by atoms with Gasteiger partial charge in [-0.1, -0.05) is 19.9 Å². The maximum absolute atomic E-state index is 11.8. The van der Waals surface area contributed by atoms with E-state index in [-0.39, 0.29) is 6.04 Å². The molecule has 4 unspecified atom stereocenters. The van der Waals surface area contributed by atoms with E-state index in [1.807, 2.05) is 6.92 Å². The van der Waals surface area contributed by atoms with Crippen molar-refractivity contribution in [3.05, 3.63) is 11.6 Å². The van der Waals surface area contributed by atoms with Crippen LogP contribution in [-0.2, 0) is 4.79 Å². The predicted octanol–water partition coefficient (Wildman–Crippen LogP) is 1.47. The normalized spacial score (nSPS) is 45.2. The van der Waals surface area contributed by atoms with Crippen molar-refractivity contribution in [2.45, 2.75) is 32.9 Å². The van der Waals surface area contributed by atoms with Crippen LogP contribution in [0.2, 0.25) is 0 Å². The zero-order valence-corrected chi connectivity index (χ0v) is 8.74. The second-order valence-corrected chi connectivity index (χ2v) is 4.53. The van der Waals surface area contributed by atoms with Crippen molar-refractivity contribution in [3.8, 4) is 0 Å². The summed E-state index contributed by atoms with van der Waals surface area (Å²) in [6.07, 6.45) is 2.13. The van der Waals surface area contributed by atoms with E-state index in [9.17, 15) is 4.79 Å². The summed E-state index contributed by atoms with van der Waals surface area (Å²) in [5.74, 6) is 1.43. The van der Waals surface area contributed by atoms with Crippen LogP contribution in [-0.4, -0.2) is 29.8 Å². The SMILES string of the molecule is CC1=CC2C(C)C(C)C(C1=O)N2C. The highest BCUT2D eigenvalue weighted by molar-refractivity contribution is 6.00. The molecule has 0 radical (unpaired) electrons. The highest BCUT2D eigenvalue weighted by atomic mass is 16.1. The molecule has 0 aromatic carbocycles. The van der Waals surface area contributed by atoms with Gasteiger partial charge in [0.05, 0.1) is 6.04 Å². The molecule has 0 saturated carbocycles. The summed E-state index contributed by atoms with van der Waals surface area (Å²) < 4.78 is 0. The molecule has 2 heterocycles. The van der Waals surface area contributed by atoms with Gasteiger partial charge in [0.2, 0.25) is 0 Å². The van der Waals surface area contributed by atoms with Crippen LogP contribution in [0.5, 0.6) is 0 Å². The third-order valence-corrected chi connectivity index (χ3v) is 3.85. The molecule has 0 spiro atoms. The number of nitrogens with zero attached hydrogens (tertiary/aromatic N) is 1. The van der Waals surface area contributed by atoms with Gasteiger partial charge in [0.1, 0.15) is 0 Å². The minimum atomic E-state index is 0.144. The second kappa shape index (κ2) is 2.68. The van der Waals surface area contributed by atoms with Crippen molar-refractivity contribution < 1.29 is 4.79 Å². The Bertz CT molecular complexity index is 282. The summed E-state index contributed by atoms with van der Waals surface area (Å²) in [4.78, 5) is 14.1. The maximum atomic E-state index is 11.8. The predicted molar refractivity (Wildman–Crippen MR) is 52.4 cm³/mol. The Kier molecular flexibility index (Phi) is 1.84. The molecule has 0 aromatic rings. The van der Waals surface area contributed by atoms with Gasteiger partial charge in [0, 0.05) is 6.04 Å². The number of fused-ring (bicyclic) bond motifs is 2. The first-order chi connectivity index (χ1) is 6.04. The van der Waals surface area contributed by atoms with Gasteiger partial charge in [-0.25, -0.2) is 0 Å². The van der Waals surface area contributed by atoms with Gasteiger partial charge in [0.25, 0.3) is 0 Å². The monoisotopic (exact) mass is 179 g/mol. The highest BCUT2D eigenvalue weighted by Gasteiger charge is 2.47. The fraction of sp³-hybridized carbons (Fsp3) is 0.727. The number of carbonyl (C=O) groups excluding carboxylic acids is 1. The number of rotatable bonds is 0. The van der Waals surface area contributed by atoms with Crippen molar-refractivity contribution >= 4 is 5.78 Å². The molecule has 0 N–H and O–H groups in total. The molecular formula is C11H17NO. The molecule has 1 saturated heterocycles. The zero-order chi connectivity index (χ0) is 9.75. The van der Waals surface area contributed by atoms with Crippen LogP contribution in [0.3, 0.4) is 0 Å². The zero-order valence-electron chi connectivity index (χ0n) is 8.74. The van der Waals surface area contributed by atoms with Crippen LogP contribution in [0.25, 0.3) is 0 Å². The smallest absolute Gasteiger partial charge is 0.175 e. The summed E-state index contributed by atoms with van der Waals surface area (Å²) in [6.45, 7) is 6.38. The molecule has 4 atom stereocenters. The summed E-state index contributed by atoms with van der Waals surface area (Å²) >= 11 is 0. The van der Waals surface area contributed by atoms with Gasteiger partial charge in [-0.05, 0) is 31.4 Å². The van der Waals surface area contributed by atoms with Crippen LogP contribution in [0.15, 0.2) is 11.6 Å². The fourth-order valence-electron chi connectivity index (χ4n) is 2.79. The van der Waals surface area contributed by atoms with E-state index >= 15 is 0 Å². The molecule has 2 aliphatic heterocycles. The molecule has 2 aliphatic rings. The van der Waals surface area contributed by atoms with E-state index < -0.39 is 0 Å². The number of hydrogen-bond acceptors (Lipinski definition) is 2. The van der Waals surface area contributed by atoms with Crippen LogP contribution >= 0.6 is 0 Å². The third-order valence-electron chi connectivity index (χ3n) is 3.85. The number of hydrogen-bond donors (Lipinski definition) is 0. The lowest BCUT2D eigenvalue weighted by Crippen LogP contribution is -2.43. The van der Waals surface area contributed by atoms with Crippen LogP contribution in [0.1, 0.15) is 20.8 Å². The molecule has 0 amide bonds. The van der Waals surface area contributed by atoms with E-state index in [0.29, 0.717) is 23.7 Å². The average molecular weight is 179 g/mol. The minimum absolute atomic E-state index is 0.144. The Hall–Kier alpha value is -0.630. The Morgan fingerprint density at radius 1 is 1.31 bits per heavy atom. The number of Topliss-reactive ketones (excluding diaryl/α,β-unsaturated/α-hetero) is 1. The van der Waals surface area contributed by atoms with Crippen molar-refractivity contribution in [1.29, 1.82) is 0 Å². The van der Waals surface area contributed by atoms with Gasteiger partial charge in [-0.2, -0.15) is 0 Å². The van der Waals surface area contributed by atoms with Gasteiger partial charge < -0.3 is 0 Å². The highest BCUT2D eigenvalue weighted by Crippen LogP contribution is 2.39. The van der Waals surface area contributed by atoms with Gasteiger partial charge in [0.15, 0.2) is 5.78 Å². The largest absolute Gasteiger partial charge is 0.293 e. The van der Waals surface area contributed by atoms with Crippen molar-refractivity contribution in [2.24, 2.45) is 11.8 Å². The van der Waals surface area contributed by atoms with Gasteiger partial charge in [-0.15, -0.1) is 0 Å². The minimum Gasteiger partial charge on any atom is -0.293 e. The first-order valence-electron chi connectivity index (χ1n) is 4.98. The van der Waals surface area contributed by atoms with Crippen molar-refractivity contribution in [2.75, 3.05) is 7.05 Å². The summed E-state index contributed by atoms with van der Waals surface area (Å²) in [7, 11) is 2.07. The first kappa shape index (κ1) is 8.95. The van der Waals surface area contributed by atoms with Crippen LogP contribution in [0, 0.1) is 11.8 Å². The van der Waals surface area contributed by atoms with E-state index in [1.54, 1.807) is 0 Å². The molecule has 2 nitrogen and oxygen atoms in total. The van der Waals surface area contributed by atoms with Crippen LogP contribution in [0.4, 0.5) is 0 Å². The lowest BCUT2D eigenvalue weighted by molar-refractivity contribution is -0.121. The number of carbonyl (C=O) groups is 1. The van der Waals surface area contributed by atoms with E-state index in [0.717, 1.165) is 5.57 Å². The Morgan fingerprint density at radius 2 is 1.92 bits per heavy atom. The third kappa shape index (κ3) is 1.01. The van der Waals surface area contributed by atoms with Crippen molar-refractivity contribution in [3.63, 3.8) is 0 Å². The van der Waals surface area contributed by atoms with Crippen molar-refractivity contribution in [1.82, 2.24) is 4.90 Å². The maximum Gasteiger partial charge on any atom is 0.175 e. The Balaban J connectivity index is 2.44. The molecule has 72 valence electrons. The molecule has 2 rings (SSSR count). The summed E-state index contributed by atoms with van der Waals surface area (Å²) in [5.41, 5.74) is 0.962. The molecule has 0 aromatic heterocycles. The lowest BCUT2D eigenvalue weighted by atomic mass is 9.91. The standard InChI is InChI=1S/C11H17NO/c1-6-5-9-7(2)8(3)10(11(6)13)12(9)4/h5,7-10H,1-4H3. The molecule has 0 aliphatic carbocycles. The summed E-state index contributed by atoms with van der Waals surface area (Å²) in [6, 6.07) is 0.627. The van der Waals surface area contributed by atoms with Gasteiger partial charge in [-0.3, -0.25) is 9.69 Å². The summed E-state index contributed by atoms with van der Waals surface area (Å²) in [5, 5.41) is 0. The molecular weight excluding hydrogens is 162 g/mol. The second-order valence-electron chi connectivity index (χ2n) is 4.53. The van der Waals surface area contributed by atoms with E-state index in [4.69, 9.17) is 0 Å².